The Bertz CT molecular complexity index is 354. The van der Waals surface area contributed by atoms with Gasteiger partial charge in [-0.05, 0) is 19.3 Å². The highest BCUT2D eigenvalue weighted by atomic mass is 16.2. The molecule has 0 aromatic carbocycles. The first-order chi connectivity index (χ1) is 7.16. The molecule has 0 spiro atoms. The summed E-state index contributed by atoms with van der Waals surface area (Å²) < 4.78 is 0. The lowest BCUT2D eigenvalue weighted by Gasteiger charge is -2.25. The predicted octanol–water partition coefficient (Wildman–Crippen LogP) is 1.21. The van der Waals surface area contributed by atoms with Crippen LogP contribution in [0.25, 0.3) is 0 Å². The highest BCUT2D eigenvalue weighted by Gasteiger charge is 2.22. The summed E-state index contributed by atoms with van der Waals surface area (Å²) in [5.74, 6) is 1.12. The van der Waals surface area contributed by atoms with Gasteiger partial charge in [0.1, 0.15) is 5.82 Å². The zero-order chi connectivity index (χ0) is 10.8. The Morgan fingerprint density at radius 1 is 1.53 bits per heavy atom. The number of hydrogen-bond donors (Lipinski definition) is 2. The van der Waals surface area contributed by atoms with Crippen molar-refractivity contribution in [3.05, 3.63) is 11.6 Å². The smallest absolute Gasteiger partial charge is 0.291 e. The molecule has 0 atom stereocenters. The summed E-state index contributed by atoms with van der Waals surface area (Å²) in [4.78, 5) is 15.8. The van der Waals surface area contributed by atoms with E-state index < -0.39 is 0 Å². The quantitative estimate of drug-likeness (QED) is 0.784. The van der Waals surface area contributed by atoms with Gasteiger partial charge < -0.3 is 5.32 Å². The van der Waals surface area contributed by atoms with Crippen LogP contribution in [0, 0.1) is 0 Å². The van der Waals surface area contributed by atoms with Crippen LogP contribution in [0.4, 0.5) is 0 Å². The van der Waals surface area contributed by atoms with Gasteiger partial charge in [-0.15, -0.1) is 5.10 Å². The maximum Gasteiger partial charge on any atom is 0.291 e. The van der Waals surface area contributed by atoms with Crippen molar-refractivity contribution in [3.8, 4) is 0 Å². The van der Waals surface area contributed by atoms with Crippen molar-refractivity contribution < 1.29 is 4.79 Å². The number of carbonyl (C=O) groups is 1. The van der Waals surface area contributed by atoms with Crippen LogP contribution >= 0.6 is 0 Å². The topological polar surface area (TPSA) is 70.7 Å². The Morgan fingerprint density at radius 3 is 2.73 bits per heavy atom. The number of amides is 1. The SMILES string of the molecule is CC(C)c1nc(C(=O)NC2CCC2)n[nH]1. The van der Waals surface area contributed by atoms with Crippen LogP contribution in [-0.2, 0) is 0 Å². The van der Waals surface area contributed by atoms with Gasteiger partial charge in [0.05, 0.1) is 0 Å². The van der Waals surface area contributed by atoms with Gasteiger partial charge in [-0.25, -0.2) is 4.98 Å². The zero-order valence-electron chi connectivity index (χ0n) is 9.08. The fourth-order valence-corrected chi connectivity index (χ4v) is 1.44. The van der Waals surface area contributed by atoms with E-state index >= 15 is 0 Å². The van der Waals surface area contributed by atoms with E-state index in [1.54, 1.807) is 0 Å². The molecule has 1 amide bonds. The molecule has 0 radical (unpaired) electrons. The lowest BCUT2D eigenvalue weighted by atomic mass is 9.93. The van der Waals surface area contributed by atoms with Crippen LogP contribution in [0.15, 0.2) is 0 Å². The third kappa shape index (κ3) is 2.16. The molecule has 5 nitrogen and oxygen atoms in total. The number of nitrogens with zero attached hydrogens (tertiary/aromatic N) is 2. The van der Waals surface area contributed by atoms with E-state index in [1.807, 2.05) is 13.8 Å². The summed E-state index contributed by atoms with van der Waals surface area (Å²) in [6.07, 6.45) is 3.36. The average molecular weight is 208 g/mol. The summed E-state index contributed by atoms with van der Waals surface area (Å²) in [5.41, 5.74) is 0. The molecule has 82 valence electrons. The minimum atomic E-state index is -0.164. The summed E-state index contributed by atoms with van der Waals surface area (Å²) >= 11 is 0. The van der Waals surface area contributed by atoms with Crippen LogP contribution in [0.1, 0.15) is 55.5 Å². The standard InChI is InChI=1S/C10H16N4O/c1-6(2)8-12-9(14-13-8)10(15)11-7-4-3-5-7/h6-7H,3-5H2,1-2H3,(H,11,15)(H,12,13,14). The van der Waals surface area contributed by atoms with E-state index in [4.69, 9.17) is 0 Å². The molecule has 0 unspecified atom stereocenters. The molecule has 0 aliphatic heterocycles. The van der Waals surface area contributed by atoms with Crippen molar-refractivity contribution in [2.45, 2.75) is 45.1 Å². The minimum absolute atomic E-state index is 0.164. The molecule has 5 heteroatoms. The second kappa shape index (κ2) is 4.00. The van der Waals surface area contributed by atoms with Crippen molar-refractivity contribution in [2.75, 3.05) is 0 Å². The van der Waals surface area contributed by atoms with Crippen LogP contribution < -0.4 is 5.32 Å². The molecule has 1 aromatic rings. The van der Waals surface area contributed by atoms with Crippen molar-refractivity contribution in [1.29, 1.82) is 0 Å². The molecule has 1 aliphatic rings. The number of nitrogens with one attached hydrogen (secondary N) is 2. The highest BCUT2D eigenvalue weighted by molar-refractivity contribution is 5.90. The number of aromatic amines is 1. The van der Waals surface area contributed by atoms with Gasteiger partial charge in [-0.1, -0.05) is 13.8 Å². The number of aromatic nitrogens is 3. The van der Waals surface area contributed by atoms with E-state index in [-0.39, 0.29) is 17.6 Å². The first kappa shape index (κ1) is 10.1. The van der Waals surface area contributed by atoms with Gasteiger partial charge >= 0.3 is 0 Å². The molecule has 1 saturated carbocycles. The van der Waals surface area contributed by atoms with Crippen LogP contribution in [-0.4, -0.2) is 27.1 Å². The lowest BCUT2D eigenvalue weighted by Crippen LogP contribution is -2.39. The van der Waals surface area contributed by atoms with Gasteiger partial charge in [-0.2, -0.15) is 0 Å². The first-order valence-electron chi connectivity index (χ1n) is 5.40. The third-order valence-corrected chi connectivity index (χ3v) is 2.69. The second-order valence-electron chi connectivity index (χ2n) is 4.30. The van der Waals surface area contributed by atoms with E-state index in [0.29, 0.717) is 6.04 Å². The maximum absolute atomic E-state index is 11.6. The van der Waals surface area contributed by atoms with Crippen LogP contribution in [0.2, 0.25) is 0 Å². The summed E-state index contributed by atoms with van der Waals surface area (Å²) in [6, 6.07) is 0.332. The maximum atomic E-state index is 11.6. The van der Waals surface area contributed by atoms with Crippen molar-refractivity contribution in [3.63, 3.8) is 0 Å². The Balaban J connectivity index is 1.98. The van der Waals surface area contributed by atoms with Gasteiger partial charge in [-0.3, -0.25) is 9.89 Å². The van der Waals surface area contributed by atoms with Crippen molar-refractivity contribution in [2.24, 2.45) is 0 Å². The molecule has 0 bridgehead atoms. The minimum Gasteiger partial charge on any atom is -0.347 e. The van der Waals surface area contributed by atoms with E-state index in [9.17, 15) is 4.79 Å². The van der Waals surface area contributed by atoms with E-state index in [2.05, 4.69) is 20.5 Å². The molecule has 15 heavy (non-hydrogen) atoms. The van der Waals surface area contributed by atoms with Gasteiger partial charge in [0.15, 0.2) is 0 Å². The Hall–Kier alpha value is -1.39. The highest BCUT2D eigenvalue weighted by Crippen LogP contribution is 2.18. The monoisotopic (exact) mass is 208 g/mol. The zero-order valence-corrected chi connectivity index (χ0v) is 9.08. The molecule has 2 N–H and O–H groups in total. The molecule has 1 heterocycles. The molecule has 1 aliphatic carbocycles. The van der Waals surface area contributed by atoms with Crippen molar-refractivity contribution in [1.82, 2.24) is 20.5 Å². The second-order valence-corrected chi connectivity index (χ2v) is 4.30. The average Bonchev–Trinajstić information content (AvgIpc) is 2.59. The van der Waals surface area contributed by atoms with Crippen molar-refractivity contribution >= 4 is 5.91 Å². The predicted molar refractivity (Wildman–Crippen MR) is 55.6 cm³/mol. The summed E-state index contributed by atoms with van der Waals surface area (Å²) in [6.45, 7) is 4.02. The van der Waals surface area contributed by atoms with Crippen LogP contribution in [0.3, 0.4) is 0 Å². The van der Waals surface area contributed by atoms with E-state index in [0.717, 1.165) is 18.7 Å². The molecule has 2 rings (SSSR count). The molecule has 0 saturated heterocycles. The normalized spacial score (nSPS) is 16.5. The summed E-state index contributed by atoms with van der Waals surface area (Å²) in [7, 11) is 0. The lowest BCUT2D eigenvalue weighted by molar-refractivity contribution is 0.0906. The van der Waals surface area contributed by atoms with Gasteiger partial charge in [0, 0.05) is 12.0 Å². The summed E-state index contributed by atoms with van der Waals surface area (Å²) in [5, 5.41) is 9.58. The number of hydrogen-bond acceptors (Lipinski definition) is 3. The fourth-order valence-electron chi connectivity index (χ4n) is 1.44. The Kier molecular flexibility index (Phi) is 2.70. The number of H-pyrrole nitrogens is 1. The van der Waals surface area contributed by atoms with E-state index in [1.165, 1.54) is 6.42 Å². The van der Waals surface area contributed by atoms with Crippen LogP contribution in [0.5, 0.6) is 0 Å². The molecule has 1 fully saturated rings. The Morgan fingerprint density at radius 2 is 2.27 bits per heavy atom. The third-order valence-electron chi connectivity index (χ3n) is 2.69. The van der Waals surface area contributed by atoms with Gasteiger partial charge in [0.25, 0.3) is 5.91 Å². The first-order valence-corrected chi connectivity index (χ1v) is 5.40. The molecular formula is C10H16N4O. The Labute approximate surface area is 88.7 Å². The molecule has 1 aromatic heterocycles. The number of carbonyl (C=O) groups excluding carboxylic acids is 1. The molecular weight excluding hydrogens is 192 g/mol. The van der Waals surface area contributed by atoms with Gasteiger partial charge in [0.2, 0.25) is 5.82 Å². The fraction of sp³-hybridized carbons (Fsp3) is 0.700. The largest absolute Gasteiger partial charge is 0.347 e. The number of rotatable bonds is 3.